The van der Waals surface area contributed by atoms with Crippen LogP contribution >= 0.6 is 11.9 Å². The first kappa shape index (κ1) is 9.34. The molecule has 12 heavy (non-hydrogen) atoms. The Hall–Kier alpha value is -0.750. The highest BCUT2D eigenvalue weighted by molar-refractivity contribution is 7.99. The van der Waals surface area contributed by atoms with Crippen LogP contribution in [-0.4, -0.2) is 28.2 Å². The molecule has 0 radical (unpaired) electrons. The molecule has 0 bridgehead atoms. The molecule has 0 saturated carbocycles. The van der Waals surface area contributed by atoms with Crippen LogP contribution in [0.5, 0.6) is 0 Å². The van der Waals surface area contributed by atoms with Gasteiger partial charge in [-0.2, -0.15) is 4.40 Å². The molecule has 2 rings (SSSR count). The molecule has 0 aromatic carbocycles. The summed E-state index contributed by atoms with van der Waals surface area (Å²) in [6, 6.07) is 0. The summed E-state index contributed by atoms with van der Waals surface area (Å²) in [5.41, 5.74) is 0. The van der Waals surface area contributed by atoms with E-state index in [0.29, 0.717) is 5.75 Å². The summed E-state index contributed by atoms with van der Waals surface area (Å²) in [7, 11) is -1.03. The molecule has 1 unspecified atom stereocenters. The number of hydrogen-bond acceptors (Lipinski definition) is 4. The van der Waals surface area contributed by atoms with Gasteiger partial charge >= 0.3 is 0 Å². The third-order valence-corrected chi connectivity index (χ3v) is 2.31. The Labute approximate surface area is 76.6 Å². The van der Waals surface area contributed by atoms with E-state index in [9.17, 15) is 9.00 Å². The minimum atomic E-state index is -1.03. The van der Waals surface area contributed by atoms with Gasteiger partial charge in [0.1, 0.15) is 0 Å². The molecule has 64 valence electrons. The molecule has 2 aliphatic heterocycles. The fourth-order valence-corrected chi connectivity index (χ4v) is 1.40. The van der Waals surface area contributed by atoms with Crippen molar-refractivity contribution in [3.63, 3.8) is 0 Å². The quantitative estimate of drug-likeness (QED) is 0.538. The lowest BCUT2D eigenvalue weighted by atomic mass is 10.5. The van der Waals surface area contributed by atoms with Gasteiger partial charge in [-0.15, -0.1) is 0 Å². The van der Waals surface area contributed by atoms with Crippen molar-refractivity contribution < 1.29 is 9.00 Å². The number of allylic oxidation sites excluding steroid dienone is 1. The number of ketones is 1. The first-order chi connectivity index (χ1) is 5.79. The second-order valence-electron chi connectivity index (χ2n) is 1.83. The maximum absolute atomic E-state index is 10.1. The summed E-state index contributed by atoms with van der Waals surface area (Å²) in [4.78, 5) is 10.1. The van der Waals surface area contributed by atoms with Gasteiger partial charge in [-0.05, 0) is 18.0 Å². The van der Waals surface area contributed by atoms with Crippen molar-refractivity contribution in [1.29, 1.82) is 0 Å². The van der Waals surface area contributed by atoms with Crippen molar-refractivity contribution in [3.8, 4) is 0 Å². The Morgan fingerprint density at radius 3 is 2.58 bits per heavy atom. The molecule has 0 aliphatic carbocycles. The second-order valence-corrected chi connectivity index (χ2v) is 3.63. The van der Waals surface area contributed by atoms with Gasteiger partial charge in [0.25, 0.3) is 0 Å². The number of carbonyl (C=O) groups is 1. The molecule has 0 aromatic heterocycles. The number of nitrogens with zero attached hydrogens (tertiary/aromatic N) is 2. The van der Waals surface area contributed by atoms with Gasteiger partial charge in [0.15, 0.2) is 16.8 Å². The maximum Gasteiger partial charge on any atom is 0.186 e. The summed E-state index contributed by atoms with van der Waals surface area (Å²) in [6.07, 6.45) is 4.54. The van der Waals surface area contributed by atoms with Crippen LogP contribution in [0.3, 0.4) is 0 Å². The minimum absolute atomic E-state index is 0.125. The zero-order chi connectivity index (χ0) is 8.81. The molecule has 0 saturated heterocycles. The first-order valence-electron chi connectivity index (χ1n) is 3.09. The van der Waals surface area contributed by atoms with E-state index < -0.39 is 11.0 Å². The number of rotatable bonds is 0. The fraction of sp³-hybridized carbons (Fsp3) is 0.167. The van der Waals surface area contributed by atoms with Crippen LogP contribution in [0, 0.1) is 0 Å². The Morgan fingerprint density at radius 1 is 1.58 bits per heavy atom. The Balaban J connectivity index is 0.000000120. The van der Waals surface area contributed by atoms with Gasteiger partial charge in [-0.3, -0.25) is 4.79 Å². The molecule has 2 aliphatic rings. The van der Waals surface area contributed by atoms with E-state index in [2.05, 4.69) is 8.80 Å². The van der Waals surface area contributed by atoms with Gasteiger partial charge < -0.3 is 0 Å². The first-order valence-corrected chi connectivity index (χ1v) is 5.20. The Kier molecular flexibility index (Phi) is 3.89. The van der Waals surface area contributed by atoms with E-state index in [1.54, 1.807) is 6.08 Å². The van der Waals surface area contributed by atoms with Gasteiger partial charge in [-0.1, -0.05) is 0 Å². The van der Waals surface area contributed by atoms with Crippen molar-refractivity contribution in [1.82, 2.24) is 0 Å². The number of Topliss-reactive ketones (excluding diaryl/α,β-unsaturated/α-hetero) is 1. The lowest BCUT2D eigenvalue weighted by molar-refractivity contribution is -0.110. The topological polar surface area (TPSA) is 58.9 Å². The van der Waals surface area contributed by atoms with Crippen LogP contribution < -0.4 is 0 Å². The standard InChI is InChI=1S/2C3H3NOS/c5-3-1-4-6-2-3;5-6-3-1-2-4-6/h1H,2H2;1-3H. The van der Waals surface area contributed by atoms with Gasteiger partial charge in [0.05, 0.1) is 12.0 Å². The molecule has 0 spiro atoms. The monoisotopic (exact) mass is 202 g/mol. The Morgan fingerprint density at radius 2 is 2.42 bits per heavy atom. The summed E-state index contributed by atoms with van der Waals surface area (Å²) < 4.78 is 17.1. The smallest absolute Gasteiger partial charge is 0.186 e. The maximum atomic E-state index is 10.1. The van der Waals surface area contributed by atoms with E-state index in [0.717, 1.165) is 0 Å². The number of carbonyl (C=O) groups excluding carboxylic acids is 1. The molecule has 0 N–H and O–H groups in total. The Bertz CT molecular complexity index is 269. The summed E-state index contributed by atoms with van der Waals surface area (Å²) >= 11 is 1.30. The normalized spacial score (nSPS) is 24.3. The fourth-order valence-electron chi connectivity index (χ4n) is 0.467. The van der Waals surface area contributed by atoms with Crippen molar-refractivity contribution in [2.75, 3.05) is 5.75 Å². The number of hydrogen-bond donors (Lipinski definition) is 0. The van der Waals surface area contributed by atoms with E-state index in [-0.39, 0.29) is 5.78 Å². The highest BCUT2D eigenvalue weighted by Gasteiger charge is 2.01. The molecule has 1 atom stereocenters. The van der Waals surface area contributed by atoms with Gasteiger partial charge in [0, 0.05) is 11.6 Å². The van der Waals surface area contributed by atoms with Crippen molar-refractivity contribution >= 4 is 41.1 Å². The van der Waals surface area contributed by atoms with E-state index >= 15 is 0 Å². The minimum Gasteiger partial charge on any atom is -0.292 e. The molecule has 4 nitrogen and oxygen atoms in total. The second kappa shape index (κ2) is 5.00. The molecule has 6 heteroatoms. The average molecular weight is 202 g/mol. The predicted molar refractivity (Wildman–Crippen MR) is 51.7 cm³/mol. The SMILES string of the molecule is O=C1C=NSC1.O=S1C=CC=N1. The zero-order valence-electron chi connectivity index (χ0n) is 6.04. The van der Waals surface area contributed by atoms with Gasteiger partial charge in [-0.25, -0.2) is 8.61 Å². The van der Waals surface area contributed by atoms with E-state index in [4.69, 9.17) is 0 Å². The average Bonchev–Trinajstić information content (AvgIpc) is 2.63. The van der Waals surface area contributed by atoms with Crippen LogP contribution in [0.1, 0.15) is 0 Å². The van der Waals surface area contributed by atoms with Crippen LogP contribution in [-0.2, 0) is 15.8 Å². The van der Waals surface area contributed by atoms with Crippen LogP contribution in [0.25, 0.3) is 0 Å². The summed E-state index contributed by atoms with van der Waals surface area (Å²) in [6.45, 7) is 0. The lowest BCUT2D eigenvalue weighted by Gasteiger charge is -1.67. The summed E-state index contributed by atoms with van der Waals surface area (Å²) in [5.74, 6) is 0.667. The highest BCUT2D eigenvalue weighted by Crippen LogP contribution is 2.05. The van der Waals surface area contributed by atoms with Gasteiger partial charge in [0.2, 0.25) is 0 Å². The van der Waals surface area contributed by atoms with Crippen LogP contribution in [0.2, 0.25) is 0 Å². The molecular weight excluding hydrogens is 196 g/mol. The highest BCUT2D eigenvalue weighted by atomic mass is 32.2. The van der Waals surface area contributed by atoms with E-state index in [1.165, 1.54) is 29.8 Å². The molecule has 0 fully saturated rings. The van der Waals surface area contributed by atoms with E-state index in [1.807, 2.05) is 0 Å². The molecular formula is C6H6N2O2S2. The van der Waals surface area contributed by atoms with Crippen molar-refractivity contribution in [2.45, 2.75) is 0 Å². The largest absolute Gasteiger partial charge is 0.292 e. The third kappa shape index (κ3) is 3.59. The zero-order valence-corrected chi connectivity index (χ0v) is 7.68. The molecule has 0 amide bonds. The molecule has 2 heterocycles. The van der Waals surface area contributed by atoms with Crippen molar-refractivity contribution in [2.24, 2.45) is 8.80 Å². The lowest BCUT2D eigenvalue weighted by Crippen LogP contribution is -1.93. The van der Waals surface area contributed by atoms with Crippen LogP contribution in [0.15, 0.2) is 20.3 Å². The molecule has 0 aromatic rings. The third-order valence-electron chi connectivity index (χ3n) is 0.924. The predicted octanol–water partition coefficient (Wildman–Crippen LogP) is 0.536. The van der Waals surface area contributed by atoms with Crippen molar-refractivity contribution in [3.05, 3.63) is 11.5 Å². The summed E-state index contributed by atoms with van der Waals surface area (Å²) in [5, 5.41) is 1.53. The van der Waals surface area contributed by atoms with Crippen LogP contribution in [0.4, 0.5) is 0 Å².